The molecule has 20 heavy (non-hydrogen) atoms. The predicted molar refractivity (Wildman–Crippen MR) is 79.3 cm³/mol. The molecule has 2 N–H and O–H groups in total. The number of hydrogen-bond acceptors (Lipinski definition) is 4. The van der Waals surface area contributed by atoms with Crippen LogP contribution in [0.15, 0.2) is 18.2 Å². The largest absolute Gasteiger partial charge is 0.399 e. The molecule has 106 valence electrons. The first-order chi connectivity index (χ1) is 9.49. The van der Waals surface area contributed by atoms with Crippen molar-refractivity contribution in [1.82, 2.24) is 20.2 Å². The van der Waals surface area contributed by atoms with E-state index in [1.165, 1.54) is 12.8 Å². The highest BCUT2D eigenvalue weighted by Gasteiger charge is 2.38. The van der Waals surface area contributed by atoms with Crippen molar-refractivity contribution in [3.63, 3.8) is 0 Å². The third-order valence-electron chi connectivity index (χ3n) is 4.22. The number of halogens is 1. The van der Waals surface area contributed by atoms with Gasteiger partial charge < -0.3 is 5.73 Å². The molecule has 1 unspecified atom stereocenters. The van der Waals surface area contributed by atoms with E-state index in [4.69, 9.17) is 17.3 Å². The Labute approximate surface area is 123 Å². The molecule has 1 aliphatic carbocycles. The maximum Gasteiger partial charge on any atom is 0.183 e. The Morgan fingerprint density at radius 2 is 2.20 bits per heavy atom. The molecule has 0 aliphatic heterocycles. The van der Waals surface area contributed by atoms with Gasteiger partial charge in [-0.2, -0.15) is 0 Å². The van der Waals surface area contributed by atoms with Gasteiger partial charge in [-0.05, 0) is 46.9 Å². The second-order valence-corrected chi connectivity index (χ2v) is 6.49. The molecule has 5 nitrogen and oxygen atoms in total. The molecule has 2 aromatic rings. The quantitative estimate of drug-likeness (QED) is 0.862. The summed E-state index contributed by atoms with van der Waals surface area (Å²) < 4.78 is 1.92. The van der Waals surface area contributed by atoms with Crippen molar-refractivity contribution in [2.24, 2.45) is 5.41 Å². The highest BCUT2D eigenvalue weighted by atomic mass is 35.5. The van der Waals surface area contributed by atoms with Crippen molar-refractivity contribution in [3.8, 4) is 11.4 Å². The number of rotatable bonds is 2. The van der Waals surface area contributed by atoms with Crippen LogP contribution >= 0.6 is 11.6 Å². The van der Waals surface area contributed by atoms with Gasteiger partial charge in [-0.25, -0.2) is 4.68 Å². The standard InChI is InChI=1S/C14H18ClN5/c1-14(2)7-3-4-12(14)20-13(17-18-19-20)10-6-5-9(16)8-11(10)15/h5-6,8,12H,3-4,7,16H2,1-2H3. The molecule has 0 spiro atoms. The number of hydrogen-bond donors (Lipinski definition) is 1. The molecule has 1 aromatic carbocycles. The molecule has 1 aromatic heterocycles. The minimum atomic E-state index is 0.199. The molecule has 0 bridgehead atoms. The summed E-state index contributed by atoms with van der Waals surface area (Å²) in [6, 6.07) is 5.73. The van der Waals surface area contributed by atoms with Crippen LogP contribution in [-0.4, -0.2) is 20.2 Å². The van der Waals surface area contributed by atoms with Crippen LogP contribution in [0.2, 0.25) is 5.02 Å². The summed E-state index contributed by atoms with van der Waals surface area (Å²) in [7, 11) is 0. The van der Waals surface area contributed by atoms with E-state index in [0.717, 1.165) is 17.8 Å². The molecule has 0 amide bonds. The molecule has 1 aliphatic rings. The van der Waals surface area contributed by atoms with Gasteiger partial charge in [0, 0.05) is 11.3 Å². The van der Waals surface area contributed by atoms with Gasteiger partial charge in [0.2, 0.25) is 0 Å². The first-order valence-electron chi connectivity index (χ1n) is 6.82. The number of nitrogens with zero attached hydrogens (tertiary/aromatic N) is 4. The molecular weight excluding hydrogens is 274 g/mol. The van der Waals surface area contributed by atoms with E-state index in [1.807, 2.05) is 16.8 Å². The molecule has 6 heteroatoms. The summed E-state index contributed by atoms with van der Waals surface area (Å²) >= 11 is 6.28. The van der Waals surface area contributed by atoms with Crippen molar-refractivity contribution < 1.29 is 0 Å². The molecule has 1 fully saturated rings. The van der Waals surface area contributed by atoms with E-state index in [2.05, 4.69) is 29.4 Å². The first-order valence-corrected chi connectivity index (χ1v) is 7.20. The Bertz CT molecular complexity index is 634. The lowest BCUT2D eigenvalue weighted by Gasteiger charge is -2.27. The SMILES string of the molecule is CC1(C)CCCC1n1nnnc1-c1ccc(N)cc1Cl. The van der Waals surface area contributed by atoms with Crippen molar-refractivity contribution in [3.05, 3.63) is 23.2 Å². The van der Waals surface area contributed by atoms with Gasteiger partial charge in [-0.15, -0.1) is 5.10 Å². The van der Waals surface area contributed by atoms with E-state index in [0.29, 0.717) is 16.8 Å². The lowest BCUT2D eigenvalue weighted by atomic mass is 9.87. The minimum absolute atomic E-state index is 0.199. The number of nitrogens with two attached hydrogens (primary N) is 1. The van der Waals surface area contributed by atoms with Gasteiger partial charge in [-0.1, -0.05) is 31.9 Å². The summed E-state index contributed by atoms with van der Waals surface area (Å²) in [5, 5.41) is 12.8. The van der Waals surface area contributed by atoms with Gasteiger partial charge in [0.1, 0.15) is 0 Å². The van der Waals surface area contributed by atoms with Crippen LogP contribution in [0.4, 0.5) is 5.69 Å². The second kappa shape index (κ2) is 4.74. The zero-order valence-corrected chi connectivity index (χ0v) is 12.4. The maximum atomic E-state index is 6.28. The number of aromatic nitrogens is 4. The van der Waals surface area contributed by atoms with Crippen molar-refractivity contribution >= 4 is 17.3 Å². The second-order valence-electron chi connectivity index (χ2n) is 6.08. The summed E-state index contributed by atoms with van der Waals surface area (Å²) in [6.45, 7) is 4.53. The van der Waals surface area contributed by atoms with Gasteiger partial charge in [0.05, 0.1) is 11.1 Å². The zero-order chi connectivity index (χ0) is 14.3. The number of benzene rings is 1. The predicted octanol–water partition coefficient (Wildman–Crippen LogP) is 3.33. The third kappa shape index (κ3) is 2.16. The van der Waals surface area contributed by atoms with Crippen LogP contribution in [0.5, 0.6) is 0 Å². The fourth-order valence-electron chi connectivity index (χ4n) is 3.06. The summed E-state index contributed by atoms with van der Waals surface area (Å²) in [4.78, 5) is 0. The Morgan fingerprint density at radius 1 is 1.40 bits per heavy atom. The van der Waals surface area contributed by atoms with Crippen LogP contribution in [0.25, 0.3) is 11.4 Å². The highest BCUT2D eigenvalue weighted by Crippen LogP contribution is 2.46. The fraction of sp³-hybridized carbons (Fsp3) is 0.500. The molecule has 0 radical (unpaired) electrons. The number of nitrogen functional groups attached to an aromatic ring is 1. The van der Waals surface area contributed by atoms with Crippen molar-refractivity contribution in [2.75, 3.05) is 5.73 Å². The van der Waals surface area contributed by atoms with Crippen LogP contribution in [0.1, 0.15) is 39.2 Å². The highest BCUT2D eigenvalue weighted by molar-refractivity contribution is 6.33. The molecule has 1 heterocycles. The number of tetrazole rings is 1. The summed E-state index contributed by atoms with van der Waals surface area (Å²) in [5.74, 6) is 0.718. The molecule has 1 saturated carbocycles. The Kier molecular flexibility index (Phi) is 3.17. The van der Waals surface area contributed by atoms with Crippen LogP contribution in [-0.2, 0) is 0 Å². The van der Waals surface area contributed by atoms with E-state index >= 15 is 0 Å². The van der Waals surface area contributed by atoms with Crippen LogP contribution < -0.4 is 5.73 Å². The van der Waals surface area contributed by atoms with E-state index in [9.17, 15) is 0 Å². The summed E-state index contributed by atoms with van der Waals surface area (Å²) in [6.07, 6.45) is 3.48. The van der Waals surface area contributed by atoms with E-state index in [-0.39, 0.29) is 5.41 Å². The van der Waals surface area contributed by atoms with Crippen LogP contribution in [0.3, 0.4) is 0 Å². The van der Waals surface area contributed by atoms with E-state index in [1.54, 1.807) is 6.07 Å². The van der Waals surface area contributed by atoms with Gasteiger partial charge in [0.15, 0.2) is 5.82 Å². The zero-order valence-electron chi connectivity index (χ0n) is 11.7. The van der Waals surface area contributed by atoms with Gasteiger partial charge >= 0.3 is 0 Å². The molecule has 3 rings (SSSR count). The maximum absolute atomic E-state index is 6.28. The average Bonchev–Trinajstić information content (AvgIpc) is 2.95. The van der Waals surface area contributed by atoms with Gasteiger partial charge in [0.25, 0.3) is 0 Å². The average molecular weight is 292 g/mol. The first kappa shape index (κ1) is 13.4. The molecule has 1 atom stereocenters. The topological polar surface area (TPSA) is 69.6 Å². The third-order valence-corrected chi connectivity index (χ3v) is 4.54. The molecular formula is C14H18ClN5. The summed E-state index contributed by atoms with van der Waals surface area (Å²) in [5.41, 5.74) is 7.41. The Balaban J connectivity index is 2.06. The number of anilines is 1. The van der Waals surface area contributed by atoms with E-state index < -0.39 is 0 Å². The molecule has 0 saturated heterocycles. The lowest BCUT2D eigenvalue weighted by molar-refractivity contribution is 0.242. The lowest BCUT2D eigenvalue weighted by Crippen LogP contribution is -2.23. The van der Waals surface area contributed by atoms with Crippen molar-refractivity contribution in [1.29, 1.82) is 0 Å². The smallest absolute Gasteiger partial charge is 0.183 e. The van der Waals surface area contributed by atoms with Crippen molar-refractivity contribution in [2.45, 2.75) is 39.2 Å². The fourth-order valence-corrected chi connectivity index (χ4v) is 3.33. The monoisotopic (exact) mass is 291 g/mol. The Hall–Kier alpha value is -1.62. The normalized spacial score (nSPS) is 21.2. The minimum Gasteiger partial charge on any atom is -0.399 e. The Morgan fingerprint density at radius 3 is 2.85 bits per heavy atom. The van der Waals surface area contributed by atoms with Gasteiger partial charge in [-0.3, -0.25) is 0 Å². The van der Waals surface area contributed by atoms with Crippen LogP contribution in [0, 0.1) is 5.41 Å².